The Labute approximate surface area is 196 Å². The van der Waals surface area contributed by atoms with E-state index in [1.54, 1.807) is 12.1 Å². The van der Waals surface area contributed by atoms with Crippen molar-refractivity contribution in [3.05, 3.63) is 86.6 Å². The molecule has 2 aliphatic rings. The lowest BCUT2D eigenvalue weighted by Crippen LogP contribution is -2.31. The van der Waals surface area contributed by atoms with E-state index in [1.165, 1.54) is 11.8 Å². The Morgan fingerprint density at radius 2 is 1.91 bits per heavy atom. The minimum atomic E-state index is -0.455. The number of ketones is 1. The van der Waals surface area contributed by atoms with Crippen molar-refractivity contribution < 1.29 is 9.59 Å². The van der Waals surface area contributed by atoms with Gasteiger partial charge in [0.05, 0.1) is 28.3 Å². The van der Waals surface area contributed by atoms with E-state index in [0.717, 1.165) is 35.4 Å². The van der Waals surface area contributed by atoms with E-state index in [9.17, 15) is 14.9 Å². The van der Waals surface area contributed by atoms with Gasteiger partial charge < -0.3 is 10.6 Å². The zero-order valence-electron chi connectivity index (χ0n) is 17.6. The number of nitrogens with one attached hydrogen (secondary N) is 2. The van der Waals surface area contributed by atoms with Crippen molar-refractivity contribution in [3.8, 4) is 6.07 Å². The number of dihydropyridines is 1. The molecule has 1 aliphatic heterocycles. The topological polar surface area (TPSA) is 82.0 Å². The van der Waals surface area contributed by atoms with Crippen LogP contribution >= 0.6 is 23.4 Å². The van der Waals surface area contributed by atoms with Gasteiger partial charge in [-0.3, -0.25) is 9.59 Å². The van der Waals surface area contributed by atoms with Crippen LogP contribution in [0.1, 0.15) is 36.3 Å². The van der Waals surface area contributed by atoms with Crippen LogP contribution in [0, 0.1) is 18.3 Å². The molecule has 0 bridgehead atoms. The van der Waals surface area contributed by atoms with Gasteiger partial charge in [-0.05, 0) is 49.6 Å². The number of halogens is 1. The number of amides is 1. The highest BCUT2D eigenvalue weighted by molar-refractivity contribution is 8.03. The van der Waals surface area contributed by atoms with Gasteiger partial charge in [0.2, 0.25) is 5.91 Å². The highest BCUT2D eigenvalue weighted by Gasteiger charge is 2.37. The second-order valence-corrected chi connectivity index (χ2v) is 9.26. The lowest BCUT2D eigenvalue weighted by atomic mass is 9.77. The molecular formula is C25H22ClN3O2S. The second kappa shape index (κ2) is 9.64. The normalized spacial score (nSPS) is 18.0. The van der Waals surface area contributed by atoms with Gasteiger partial charge in [-0.25, -0.2) is 0 Å². The summed E-state index contributed by atoms with van der Waals surface area (Å²) >= 11 is 7.34. The first kappa shape index (κ1) is 22.2. The molecule has 7 heteroatoms. The smallest absolute Gasteiger partial charge is 0.234 e. The summed E-state index contributed by atoms with van der Waals surface area (Å²) in [6.07, 6.45) is 1.99. The van der Waals surface area contributed by atoms with Crippen molar-refractivity contribution in [1.82, 2.24) is 5.32 Å². The highest BCUT2D eigenvalue weighted by atomic mass is 35.5. The molecule has 0 aromatic heterocycles. The molecule has 162 valence electrons. The molecule has 2 N–H and O–H groups in total. The van der Waals surface area contributed by atoms with Crippen molar-refractivity contribution >= 4 is 40.7 Å². The minimum absolute atomic E-state index is 0.0626. The number of nitrogens with zero attached hydrogens (tertiary/aromatic N) is 1. The van der Waals surface area contributed by atoms with Crippen molar-refractivity contribution in [2.45, 2.75) is 32.1 Å². The van der Waals surface area contributed by atoms with Gasteiger partial charge in [-0.2, -0.15) is 5.26 Å². The standard InChI is InChI=1S/C25H22ClN3O2S/c1-15-5-11-18(12-6-15)28-22(31)14-32-25-19(13-27)23(16-7-9-17(26)10-8-16)24-20(29-25)3-2-4-21(24)30/h5-12,23,29H,2-4,14H2,1H3,(H,28,31). The summed E-state index contributed by atoms with van der Waals surface area (Å²) in [5, 5.41) is 17.4. The summed E-state index contributed by atoms with van der Waals surface area (Å²) in [6.45, 7) is 1.99. The molecule has 4 rings (SSSR count). The van der Waals surface area contributed by atoms with E-state index in [2.05, 4.69) is 16.7 Å². The molecule has 2 aromatic carbocycles. The summed E-state index contributed by atoms with van der Waals surface area (Å²) in [4.78, 5) is 25.3. The molecule has 5 nitrogen and oxygen atoms in total. The number of rotatable bonds is 5. The van der Waals surface area contributed by atoms with E-state index >= 15 is 0 Å². The lowest BCUT2D eigenvalue weighted by molar-refractivity contribution is -0.116. The van der Waals surface area contributed by atoms with Crippen molar-refractivity contribution in [3.63, 3.8) is 0 Å². The fourth-order valence-electron chi connectivity index (χ4n) is 4.00. The number of thioether (sulfide) groups is 1. The zero-order chi connectivity index (χ0) is 22.7. The van der Waals surface area contributed by atoms with E-state index in [1.807, 2.05) is 43.3 Å². The van der Waals surface area contributed by atoms with Gasteiger partial charge in [0, 0.05) is 28.4 Å². The number of hydrogen-bond acceptors (Lipinski definition) is 5. The van der Waals surface area contributed by atoms with E-state index in [0.29, 0.717) is 27.6 Å². The summed E-state index contributed by atoms with van der Waals surface area (Å²) in [6, 6.07) is 17.1. The molecule has 1 amide bonds. The van der Waals surface area contributed by atoms with Crippen LogP contribution in [0.25, 0.3) is 0 Å². The van der Waals surface area contributed by atoms with Crippen LogP contribution in [0.15, 0.2) is 70.4 Å². The zero-order valence-corrected chi connectivity index (χ0v) is 19.1. The third-order valence-corrected chi connectivity index (χ3v) is 6.82. The Hall–Kier alpha value is -3.01. The van der Waals surface area contributed by atoms with E-state index in [4.69, 9.17) is 11.6 Å². The maximum Gasteiger partial charge on any atom is 0.234 e. The molecule has 0 radical (unpaired) electrons. The predicted molar refractivity (Wildman–Crippen MR) is 128 cm³/mol. The summed E-state index contributed by atoms with van der Waals surface area (Å²) < 4.78 is 0. The SMILES string of the molecule is Cc1ccc(NC(=O)CSC2=C(C#N)C(c3ccc(Cl)cc3)C3=C(CCCC3=O)N2)cc1. The van der Waals surface area contributed by atoms with Gasteiger partial charge >= 0.3 is 0 Å². The number of allylic oxidation sites excluding steroid dienone is 3. The molecule has 1 unspecified atom stereocenters. The Morgan fingerprint density at radius 1 is 1.19 bits per heavy atom. The number of hydrogen-bond donors (Lipinski definition) is 2. The number of aryl methyl sites for hydroxylation is 1. The molecule has 2 aromatic rings. The number of nitriles is 1. The largest absolute Gasteiger partial charge is 0.352 e. The van der Waals surface area contributed by atoms with Crippen molar-refractivity contribution in [1.29, 1.82) is 5.26 Å². The Morgan fingerprint density at radius 3 is 2.59 bits per heavy atom. The number of carbonyl (C=O) groups excluding carboxylic acids is 2. The molecule has 32 heavy (non-hydrogen) atoms. The average Bonchev–Trinajstić information content (AvgIpc) is 2.79. The molecule has 0 saturated heterocycles. The number of anilines is 1. The summed E-state index contributed by atoms with van der Waals surface area (Å²) in [5.41, 5.74) is 4.65. The van der Waals surface area contributed by atoms with Crippen LogP contribution in [-0.4, -0.2) is 17.4 Å². The maximum absolute atomic E-state index is 12.8. The highest BCUT2D eigenvalue weighted by Crippen LogP contribution is 2.44. The first-order valence-corrected chi connectivity index (χ1v) is 11.7. The molecule has 0 spiro atoms. The molecule has 1 aliphatic carbocycles. The Balaban J connectivity index is 1.60. The van der Waals surface area contributed by atoms with Gasteiger partial charge in [0.25, 0.3) is 0 Å². The Kier molecular flexibility index (Phi) is 6.69. The third-order valence-electron chi connectivity index (χ3n) is 5.55. The van der Waals surface area contributed by atoms with Gasteiger partial charge in [-0.15, -0.1) is 0 Å². The van der Waals surface area contributed by atoms with Gasteiger partial charge in [-0.1, -0.05) is 53.2 Å². The number of carbonyl (C=O) groups is 2. The van der Waals surface area contributed by atoms with Crippen LogP contribution in [0.5, 0.6) is 0 Å². The second-order valence-electron chi connectivity index (χ2n) is 7.84. The summed E-state index contributed by atoms with van der Waals surface area (Å²) in [5.74, 6) is -0.407. The quantitative estimate of drug-likeness (QED) is 0.616. The van der Waals surface area contributed by atoms with Crippen LogP contribution in [-0.2, 0) is 9.59 Å². The lowest BCUT2D eigenvalue weighted by Gasteiger charge is -2.33. The molecule has 1 heterocycles. The first-order valence-electron chi connectivity index (χ1n) is 10.4. The minimum Gasteiger partial charge on any atom is -0.352 e. The van der Waals surface area contributed by atoms with Crippen LogP contribution in [0.2, 0.25) is 5.02 Å². The average molecular weight is 464 g/mol. The van der Waals surface area contributed by atoms with Crippen LogP contribution < -0.4 is 10.6 Å². The predicted octanol–water partition coefficient (Wildman–Crippen LogP) is 5.45. The monoisotopic (exact) mass is 463 g/mol. The Bertz CT molecular complexity index is 1160. The molecule has 0 fully saturated rings. The van der Waals surface area contributed by atoms with Crippen LogP contribution in [0.3, 0.4) is 0 Å². The van der Waals surface area contributed by atoms with E-state index < -0.39 is 5.92 Å². The first-order chi connectivity index (χ1) is 15.5. The fourth-order valence-corrected chi connectivity index (χ4v) is 4.99. The summed E-state index contributed by atoms with van der Waals surface area (Å²) in [7, 11) is 0. The van der Waals surface area contributed by atoms with E-state index in [-0.39, 0.29) is 17.4 Å². The molecule has 1 atom stereocenters. The number of benzene rings is 2. The van der Waals surface area contributed by atoms with Crippen LogP contribution in [0.4, 0.5) is 5.69 Å². The van der Waals surface area contributed by atoms with Crippen molar-refractivity contribution in [2.24, 2.45) is 0 Å². The fraction of sp³-hybridized carbons (Fsp3) is 0.240. The number of Topliss-reactive ketones (excluding diaryl/α,β-unsaturated/α-hetero) is 1. The van der Waals surface area contributed by atoms with Gasteiger partial charge in [0.15, 0.2) is 5.78 Å². The third kappa shape index (κ3) is 4.74. The molecular weight excluding hydrogens is 442 g/mol. The maximum atomic E-state index is 12.8. The van der Waals surface area contributed by atoms with Crippen molar-refractivity contribution in [2.75, 3.05) is 11.1 Å². The molecule has 0 saturated carbocycles. The van der Waals surface area contributed by atoms with Gasteiger partial charge in [0.1, 0.15) is 0 Å².